The zero-order chi connectivity index (χ0) is 15.9. The van der Waals surface area contributed by atoms with Crippen LogP contribution in [-0.2, 0) is 15.2 Å². The molecular formula is C14H21F2N3O2. The Hall–Kier alpha value is -1.50. The van der Waals surface area contributed by atoms with Crippen molar-refractivity contribution in [1.82, 2.24) is 15.0 Å². The Morgan fingerprint density at radius 1 is 1.48 bits per heavy atom. The second-order valence-electron chi connectivity index (χ2n) is 6.42. The third-order valence-corrected chi connectivity index (χ3v) is 3.97. The molecule has 0 spiro atoms. The first-order chi connectivity index (χ1) is 9.63. The predicted octanol–water partition coefficient (Wildman–Crippen LogP) is 2.86. The first-order valence-electron chi connectivity index (χ1n) is 6.96. The van der Waals surface area contributed by atoms with E-state index >= 15 is 8.78 Å². The summed E-state index contributed by atoms with van der Waals surface area (Å²) in [4.78, 5) is 23.2. The van der Waals surface area contributed by atoms with Crippen LogP contribution in [0, 0.1) is 5.41 Å². The Bertz CT molecular complexity index is 511. The van der Waals surface area contributed by atoms with Crippen molar-refractivity contribution < 1.29 is 18.4 Å². The molecule has 1 saturated heterocycles. The molecule has 1 aliphatic heterocycles. The average Bonchev–Trinajstić information content (AvgIpc) is 2.79. The fourth-order valence-electron chi connectivity index (χ4n) is 3.36. The number of carbonyl (C=O) groups excluding carboxylic acids is 1. The molecule has 1 aromatic rings. The van der Waals surface area contributed by atoms with Crippen molar-refractivity contribution in [2.24, 2.45) is 5.41 Å². The van der Waals surface area contributed by atoms with Gasteiger partial charge in [-0.3, -0.25) is 4.79 Å². The van der Waals surface area contributed by atoms with Gasteiger partial charge in [0.15, 0.2) is 5.54 Å². The van der Waals surface area contributed by atoms with Gasteiger partial charge in [-0.15, -0.1) is 5.06 Å². The van der Waals surface area contributed by atoms with Gasteiger partial charge in [-0.05, 0) is 11.8 Å². The standard InChI is InChI=1S/C14H21F2N3O2/c1-10(20)21-19-7-5-6-13(15,16)14(19,12(2,3)4)11-8-17-9-18-11/h8-9H,5-7H2,1-4H3,(H,17,18). The lowest BCUT2D eigenvalue weighted by Crippen LogP contribution is -2.67. The Kier molecular flexibility index (Phi) is 3.82. The van der Waals surface area contributed by atoms with Crippen molar-refractivity contribution >= 4 is 5.97 Å². The summed E-state index contributed by atoms with van der Waals surface area (Å²) in [6.45, 7) is 6.61. The van der Waals surface area contributed by atoms with Crippen LogP contribution in [0.25, 0.3) is 0 Å². The molecule has 7 heteroatoms. The molecule has 0 aliphatic carbocycles. The van der Waals surface area contributed by atoms with Gasteiger partial charge in [0, 0.05) is 19.9 Å². The van der Waals surface area contributed by atoms with Gasteiger partial charge in [-0.1, -0.05) is 20.8 Å². The first-order valence-corrected chi connectivity index (χ1v) is 6.96. The van der Waals surface area contributed by atoms with Crippen LogP contribution in [0.2, 0.25) is 0 Å². The molecule has 118 valence electrons. The van der Waals surface area contributed by atoms with E-state index in [-0.39, 0.29) is 25.1 Å². The molecule has 1 atom stereocenters. The SMILES string of the molecule is CC(=O)ON1CCCC(F)(F)C1(c1cnc[nH]1)C(C)(C)C. The van der Waals surface area contributed by atoms with E-state index in [1.165, 1.54) is 19.4 Å². The average molecular weight is 301 g/mol. The number of halogens is 2. The van der Waals surface area contributed by atoms with Crippen LogP contribution in [0.3, 0.4) is 0 Å². The van der Waals surface area contributed by atoms with E-state index in [1.807, 2.05) is 0 Å². The number of alkyl halides is 2. The van der Waals surface area contributed by atoms with Crippen molar-refractivity contribution in [1.29, 1.82) is 0 Å². The number of carbonyl (C=O) groups is 1. The number of nitrogens with zero attached hydrogens (tertiary/aromatic N) is 2. The summed E-state index contributed by atoms with van der Waals surface area (Å²) in [7, 11) is 0. The third-order valence-electron chi connectivity index (χ3n) is 3.97. The molecule has 0 saturated carbocycles. The summed E-state index contributed by atoms with van der Waals surface area (Å²) in [5.74, 6) is -3.67. The topological polar surface area (TPSA) is 58.2 Å². The number of aromatic amines is 1. The van der Waals surface area contributed by atoms with Gasteiger partial charge in [0.1, 0.15) is 0 Å². The van der Waals surface area contributed by atoms with Gasteiger partial charge in [0.05, 0.1) is 18.2 Å². The molecule has 1 unspecified atom stereocenters. The number of hydroxylamine groups is 2. The van der Waals surface area contributed by atoms with Crippen molar-refractivity contribution in [3.05, 3.63) is 18.2 Å². The minimum absolute atomic E-state index is 0.251. The molecule has 0 amide bonds. The van der Waals surface area contributed by atoms with E-state index in [1.54, 1.807) is 20.8 Å². The van der Waals surface area contributed by atoms with Crippen LogP contribution in [0.4, 0.5) is 8.78 Å². The second-order valence-corrected chi connectivity index (χ2v) is 6.42. The lowest BCUT2D eigenvalue weighted by Gasteiger charge is -2.55. The van der Waals surface area contributed by atoms with Gasteiger partial charge >= 0.3 is 5.97 Å². The summed E-state index contributed by atoms with van der Waals surface area (Å²) >= 11 is 0. The normalized spacial score (nSPS) is 26.6. The summed E-state index contributed by atoms with van der Waals surface area (Å²) in [5.41, 5.74) is -2.42. The van der Waals surface area contributed by atoms with E-state index in [9.17, 15) is 4.79 Å². The molecule has 0 aromatic carbocycles. The molecule has 0 radical (unpaired) electrons. The fraction of sp³-hybridized carbons (Fsp3) is 0.714. The summed E-state index contributed by atoms with van der Waals surface area (Å²) in [6, 6.07) is 0. The van der Waals surface area contributed by atoms with Crippen LogP contribution in [0.5, 0.6) is 0 Å². The van der Waals surface area contributed by atoms with Gasteiger partial charge in [-0.2, -0.15) is 0 Å². The Balaban J connectivity index is 2.67. The molecule has 0 bridgehead atoms. The quantitative estimate of drug-likeness (QED) is 0.912. The van der Waals surface area contributed by atoms with Crippen molar-refractivity contribution in [3.8, 4) is 0 Å². The monoisotopic (exact) mass is 301 g/mol. The second kappa shape index (κ2) is 5.05. The van der Waals surface area contributed by atoms with E-state index in [0.29, 0.717) is 0 Å². The number of nitrogens with one attached hydrogen (secondary N) is 1. The number of hydrogen-bond acceptors (Lipinski definition) is 4. The molecular weight excluding hydrogens is 280 g/mol. The smallest absolute Gasteiger partial charge is 0.322 e. The molecule has 1 aromatic heterocycles. The van der Waals surface area contributed by atoms with E-state index in [0.717, 1.165) is 5.06 Å². The minimum Gasteiger partial charge on any atom is -0.367 e. The summed E-state index contributed by atoms with van der Waals surface area (Å²) < 4.78 is 30.0. The Labute approximate surface area is 122 Å². The Morgan fingerprint density at radius 2 is 2.14 bits per heavy atom. The molecule has 1 aliphatic rings. The van der Waals surface area contributed by atoms with Crippen LogP contribution >= 0.6 is 0 Å². The molecule has 2 heterocycles. The highest BCUT2D eigenvalue weighted by Crippen LogP contribution is 2.57. The summed E-state index contributed by atoms with van der Waals surface area (Å²) in [5, 5.41) is 1.13. The lowest BCUT2D eigenvalue weighted by atomic mass is 9.64. The van der Waals surface area contributed by atoms with Crippen molar-refractivity contribution in [2.75, 3.05) is 6.54 Å². The number of H-pyrrole nitrogens is 1. The predicted molar refractivity (Wildman–Crippen MR) is 72.4 cm³/mol. The number of hydrogen-bond donors (Lipinski definition) is 1. The van der Waals surface area contributed by atoms with Crippen LogP contribution in [0.1, 0.15) is 46.2 Å². The van der Waals surface area contributed by atoms with Gasteiger partial charge in [0.2, 0.25) is 0 Å². The minimum atomic E-state index is -3.06. The zero-order valence-electron chi connectivity index (χ0n) is 12.7. The highest BCUT2D eigenvalue weighted by atomic mass is 19.3. The van der Waals surface area contributed by atoms with Crippen molar-refractivity contribution in [3.63, 3.8) is 0 Å². The number of rotatable bonds is 2. The van der Waals surface area contributed by atoms with Crippen LogP contribution in [-0.4, -0.2) is 33.5 Å². The van der Waals surface area contributed by atoms with E-state index in [4.69, 9.17) is 4.84 Å². The number of piperidine rings is 1. The van der Waals surface area contributed by atoms with Gasteiger partial charge in [0.25, 0.3) is 5.92 Å². The summed E-state index contributed by atoms with van der Waals surface area (Å²) in [6.07, 6.45) is 2.73. The fourth-order valence-corrected chi connectivity index (χ4v) is 3.36. The molecule has 21 heavy (non-hydrogen) atoms. The molecule has 5 nitrogen and oxygen atoms in total. The molecule has 2 rings (SSSR count). The van der Waals surface area contributed by atoms with E-state index in [2.05, 4.69) is 9.97 Å². The maximum absolute atomic E-state index is 15.0. The maximum atomic E-state index is 15.0. The maximum Gasteiger partial charge on any atom is 0.322 e. The number of aromatic nitrogens is 2. The van der Waals surface area contributed by atoms with Crippen LogP contribution < -0.4 is 0 Å². The molecule has 1 fully saturated rings. The zero-order valence-corrected chi connectivity index (χ0v) is 12.7. The Morgan fingerprint density at radius 3 is 2.62 bits per heavy atom. The van der Waals surface area contributed by atoms with Gasteiger partial charge < -0.3 is 9.82 Å². The highest BCUT2D eigenvalue weighted by molar-refractivity contribution is 5.65. The van der Waals surface area contributed by atoms with Gasteiger partial charge in [-0.25, -0.2) is 13.8 Å². The van der Waals surface area contributed by atoms with E-state index < -0.39 is 22.8 Å². The number of imidazole rings is 1. The molecule has 1 N–H and O–H groups in total. The first kappa shape index (κ1) is 15.9. The highest BCUT2D eigenvalue weighted by Gasteiger charge is 2.68. The third kappa shape index (κ3) is 2.33. The van der Waals surface area contributed by atoms with Crippen LogP contribution in [0.15, 0.2) is 12.5 Å². The lowest BCUT2D eigenvalue weighted by molar-refractivity contribution is -0.323. The van der Waals surface area contributed by atoms with Crippen molar-refractivity contribution in [2.45, 2.75) is 52.0 Å². The largest absolute Gasteiger partial charge is 0.367 e.